The molecular formula is C27H20Cl3N5O4S. The molecule has 1 unspecified atom stereocenters. The number of benzene rings is 3. The number of amides is 1. The molecule has 0 aliphatic carbocycles. The van der Waals surface area contributed by atoms with E-state index in [4.69, 9.17) is 49.5 Å². The molecule has 4 aromatic rings. The van der Waals surface area contributed by atoms with Gasteiger partial charge in [0.25, 0.3) is 0 Å². The monoisotopic (exact) mass is 615 g/mol. The quantitative estimate of drug-likeness (QED) is 0.158. The normalized spacial score (nSPS) is 11.7. The SMILES string of the molecule is COc1cc2nc(S(=O)CC(=O)Nc3ccc(Cl)cc3)nc(Nc3c(Cl)cc(/C=C/C#N)cc3Cl)c2cc1OC. The van der Waals surface area contributed by atoms with Crippen LogP contribution in [0.4, 0.5) is 17.2 Å². The van der Waals surface area contributed by atoms with Crippen molar-refractivity contribution in [2.75, 3.05) is 30.6 Å². The maximum atomic E-state index is 13.2. The van der Waals surface area contributed by atoms with Gasteiger partial charge in [-0.3, -0.25) is 9.00 Å². The third-order valence-corrected chi connectivity index (χ3v) is 7.39. The molecule has 204 valence electrons. The first-order valence-electron chi connectivity index (χ1n) is 11.4. The minimum atomic E-state index is -1.93. The van der Waals surface area contributed by atoms with E-state index < -0.39 is 22.5 Å². The van der Waals surface area contributed by atoms with Crippen molar-refractivity contribution >= 4 is 85.7 Å². The van der Waals surface area contributed by atoms with Gasteiger partial charge in [0.2, 0.25) is 11.1 Å². The van der Waals surface area contributed by atoms with E-state index in [9.17, 15) is 9.00 Å². The summed E-state index contributed by atoms with van der Waals surface area (Å²) in [5.74, 6) is 0.117. The Hall–Kier alpha value is -3.88. The molecule has 3 aromatic carbocycles. The lowest BCUT2D eigenvalue weighted by atomic mass is 10.1. The van der Waals surface area contributed by atoms with Crippen molar-refractivity contribution in [2.45, 2.75) is 5.16 Å². The number of allylic oxidation sites excluding steroid dienone is 1. The van der Waals surface area contributed by atoms with E-state index in [1.807, 2.05) is 6.07 Å². The molecule has 2 N–H and O–H groups in total. The number of aromatic nitrogens is 2. The fourth-order valence-electron chi connectivity index (χ4n) is 3.61. The zero-order chi connectivity index (χ0) is 28.8. The molecule has 13 heteroatoms. The summed E-state index contributed by atoms with van der Waals surface area (Å²) in [5.41, 5.74) is 1.82. The van der Waals surface area contributed by atoms with E-state index in [1.54, 1.807) is 54.6 Å². The summed E-state index contributed by atoms with van der Waals surface area (Å²) in [4.78, 5) is 21.5. The van der Waals surface area contributed by atoms with Crippen LogP contribution in [0.1, 0.15) is 5.56 Å². The molecule has 0 saturated heterocycles. The zero-order valence-corrected chi connectivity index (χ0v) is 24.1. The highest BCUT2D eigenvalue weighted by atomic mass is 35.5. The number of hydrogen-bond donors (Lipinski definition) is 2. The average Bonchev–Trinajstić information content (AvgIpc) is 2.93. The van der Waals surface area contributed by atoms with Crippen LogP contribution in [0, 0.1) is 11.3 Å². The summed E-state index contributed by atoms with van der Waals surface area (Å²) in [5, 5.41) is 16.0. The fraction of sp³-hybridized carbons (Fsp3) is 0.111. The van der Waals surface area contributed by atoms with Gasteiger partial charge in [0.1, 0.15) is 22.4 Å². The summed E-state index contributed by atoms with van der Waals surface area (Å²) in [6, 6.07) is 14.9. The Morgan fingerprint density at radius 1 is 1.02 bits per heavy atom. The number of nitrogens with zero attached hydrogens (tertiary/aromatic N) is 3. The van der Waals surface area contributed by atoms with Crippen LogP contribution in [0.5, 0.6) is 11.5 Å². The fourth-order valence-corrected chi connectivity index (χ4v) is 5.16. The van der Waals surface area contributed by atoms with Crippen LogP contribution in [0.3, 0.4) is 0 Å². The minimum Gasteiger partial charge on any atom is -0.493 e. The first-order valence-corrected chi connectivity index (χ1v) is 13.9. The number of rotatable bonds is 9. The molecular weight excluding hydrogens is 597 g/mol. The molecule has 40 heavy (non-hydrogen) atoms. The highest BCUT2D eigenvalue weighted by Crippen LogP contribution is 2.39. The third-order valence-electron chi connectivity index (χ3n) is 5.43. The van der Waals surface area contributed by atoms with Crippen molar-refractivity contribution in [3.05, 3.63) is 75.2 Å². The van der Waals surface area contributed by atoms with Crippen molar-refractivity contribution in [2.24, 2.45) is 0 Å². The summed E-state index contributed by atoms with van der Waals surface area (Å²) in [6.45, 7) is 0. The minimum absolute atomic E-state index is 0.103. The second-order valence-corrected chi connectivity index (χ2v) is 10.7. The standard InChI is InChI=1S/C27H20Cl3N5O4S/c1-38-22-12-18-21(13-23(22)39-2)33-27(40(37)14-24(36)32-17-7-5-16(28)6-8-17)35-26(18)34-25-19(29)10-15(4-3-9-31)11-20(25)30/h3-8,10-13H,14H2,1-2H3,(H,32,36)(H,33,34,35)/b4-3+. The number of halogens is 3. The molecule has 9 nitrogen and oxygen atoms in total. The van der Waals surface area contributed by atoms with Crippen LogP contribution in [0.25, 0.3) is 17.0 Å². The molecule has 1 aromatic heterocycles. The molecule has 4 rings (SSSR count). The van der Waals surface area contributed by atoms with Gasteiger partial charge >= 0.3 is 0 Å². The maximum Gasteiger partial charge on any atom is 0.237 e. The van der Waals surface area contributed by atoms with Crippen LogP contribution in [0.2, 0.25) is 15.1 Å². The number of nitrogens with one attached hydrogen (secondary N) is 2. The number of ether oxygens (including phenoxy) is 2. The van der Waals surface area contributed by atoms with Gasteiger partial charge in [-0.05, 0) is 54.1 Å². The Morgan fingerprint density at radius 3 is 2.30 bits per heavy atom. The van der Waals surface area contributed by atoms with Gasteiger partial charge in [-0.15, -0.1) is 0 Å². The summed E-state index contributed by atoms with van der Waals surface area (Å²) in [6.07, 6.45) is 2.87. The van der Waals surface area contributed by atoms with Gasteiger partial charge in [-0.1, -0.05) is 34.8 Å². The Kier molecular flexibility index (Phi) is 9.45. The Morgan fingerprint density at radius 2 is 1.68 bits per heavy atom. The number of carbonyl (C=O) groups excluding carboxylic acids is 1. The summed E-state index contributed by atoms with van der Waals surface area (Å²) in [7, 11) is 1.04. The smallest absolute Gasteiger partial charge is 0.237 e. The molecule has 0 saturated carbocycles. The number of fused-ring (bicyclic) bond motifs is 1. The first-order chi connectivity index (χ1) is 19.2. The van der Waals surface area contributed by atoms with E-state index in [1.165, 1.54) is 20.3 Å². The van der Waals surface area contributed by atoms with Gasteiger partial charge in [0.15, 0.2) is 11.5 Å². The Balaban J connectivity index is 1.73. The van der Waals surface area contributed by atoms with E-state index in [2.05, 4.69) is 20.6 Å². The maximum absolute atomic E-state index is 13.2. The predicted molar refractivity (Wildman–Crippen MR) is 158 cm³/mol. The molecule has 0 fully saturated rings. The van der Waals surface area contributed by atoms with Gasteiger partial charge in [0, 0.05) is 28.2 Å². The number of methoxy groups -OCH3 is 2. The van der Waals surface area contributed by atoms with Gasteiger partial charge in [0.05, 0.1) is 41.5 Å². The van der Waals surface area contributed by atoms with Crippen molar-refractivity contribution < 1.29 is 18.5 Å². The second kappa shape index (κ2) is 13.0. The lowest BCUT2D eigenvalue weighted by molar-refractivity contribution is -0.113. The number of carbonyl (C=O) groups is 1. The topological polar surface area (TPSA) is 126 Å². The summed E-state index contributed by atoms with van der Waals surface area (Å²) >= 11 is 18.9. The Bertz CT molecular complexity index is 1670. The average molecular weight is 617 g/mol. The number of anilines is 3. The molecule has 1 amide bonds. The van der Waals surface area contributed by atoms with Gasteiger partial charge in [-0.2, -0.15) is 5.26 Å². The van der Waals surface area contributed by atoms with Crippen LogP contribution in [-0.2, 0) is 15.6 Å². The molecule has 0 spiro atoms. The van der Waals surface area contributed by atoms with E-state index in [-0.39, 0.29) is 21.0 Å². The third kappa shape index (κ3) is 6.81. The highest BCUT2D eigenvalue weighted by Gasteiger charge is 2.20. The lowest BCUT2D eigenvalue weighted by Gasteiger charge is -2.15. The van der Waals surface area contributed by atoms with E-state index >= 15 is 0 Å². The molecule has 1 atom stereocenters. The van der Waals surface area contributed by atoms with Crippen LogP contribution in [-0.4, -0.2) is 40.1 Å². The van der Waals surface area contributed by atoms with E-state index in [0.29, 0.717) is 44.4 Å². The zero-order valence-electron chi connectivity index (χ0n) is 21.0. The second-order valence-electron chi connectivity index (χ2n) is 8.07. The van der Waals surface area contributed by atoms with Crippen molar-refractivity contribution in [3.8, 4) is 17.6 Å². The predicted octanol–water partition coefficient (Wildman–Crippen LogP) is 6.63. The van der Waals surface area contributed by atoms with Crippen LogP contribution >= 0.6 is 34.8 Å². The molecule has 0 radical (unpaired) electrons. The molecule has 0 aliphatic rings. The number of hydrogen-bond acceptors (Lipinski definition) is 8. The largest absolute Gasteiger partial charge is 0.493 e. The van der Waals surface area contributed by atoms with Crippen molar-refractivity contribution in [3.63, 3.8) is 0 Å². The lowest BCUT2D eigenvalue weighted by Crippen LogP contribution is -2.20. The molecule has 1 heterocycles. The molecule has 0 aliphatic heterocycles. The van der Waals surface area contributed by atoms with Crippen molar-refractivity contribution in [1.29, 1.82) is 5.26 Å². The highest BCUT2D eigenvalue weighted by molar-refractivity contribution is 7.85. The van der Waals surface area contributed by atoms with Gasteiger partial charge < -0.3 is 20.1 Å². The summed E-state index contributed by atoms with van der Waals surface area (Å²) < 4.78 is 24.1. The van der Waals surface area contributed by atoms with Crippen LogP contribution in [0.15, 0.2) is 59.8 Å². The number of nitriles is 1. The first kappa shape index (κ1) is 29.1. The Labute approximate surface area is 247 Å². The van der Waals surface area contributed by atoms with E-state index in [0.717, 1.165) is 0 Å². The van der Waals surface area contributed by atoms with Gasteiger partial charge in [-0.25, -0.2) is 9.97 Å². The molecule has 0 bridgehead atoms. The van der Waals surface area contributed by atoms with Crippen LogP contribution < -0.4 is 20.1 Å². The van der Waals surface area contributed by atoms with Crippen molar-refractivity contribution in [1.82, 2.24) is 9.97 Å².